The monoisotopic (exact) mass is 292 g/mol. The van der Waals surface area contributed by atoms with Gasteiger partial charge in [-0.15, -0.1) is 0 Å². The first-order valence-corrected chi connectivity index (χ1v) is 7.06. The Labute approximate surface area is 123 Å². The second-order valence-electron chi connectivity index (χ2n) is 5.82. The zero-order chi connectivity index (χ0) is 15.6. The molecule has 0 radical (unpaired) electrons. The van der Waals surface area contributed by atoms with Crippen molar-refractivity contribution >= 4 is 11.6 Å². The second kappa shape index (κ2) is 5.81. The van der Waals surface area contributed by atoms with Gasteiger partial charge in [0.1, 0.15) is 5.56 Å². The fraction of sp³-hybridized carbons (Fsp3) is 0.533. The number of benzene rings is 1. The van der Waals surface area contributed by atoms with E-state index in [2.05, 4.69) is 0 Å². The molecule has 0 saturated heterocycles. The van der Waals surface area contributed by atoms with Crippen LogP contribution in [-0.2, 0) is 0 Å². The molecule has 6 nitrogen and oxygen atoms in total. The van der Waals surface area contributed by atoms with Crippen LogP contribution in [0.1, 0.15) is 41.6 Å². The Morgan fingerprint density at radius 2 is 2.05 bits per heavy atom. The molecule has 2 rings (SSSR count). The van der Waals surface area contributed by atoms with Gasteiger partial charge in [0.05, 0.1) is 10.5 Å². The Bertz CT molecular complexity index is 565. The molecular formula is C15H20N2O4. The number of rotatable bonds is 4. The number of hydrogen-bond acceptors (Lipinski definition) is 4. The van der Waals surface area contributed by atoms with Crippen molar-refractivity contribution in [3.05, 3.63) is 39.4 Å². The topological polar surface area (TPSA) is 83.7 Å². The summed E-state index contributed by atoms with van der Waals surface area (Å²) in [6.07, 6.45) is 3.23. The highest BCUT2D eigenvalue weighted by Crippen LogP contribution is 2.31. The Hall–Kier alpha value is -1.95. The van der Waals surface area contributed by atoms with Gasteiger partial charge in [-0.05, 0) is 25.3 Å². The second-order valence-corrected chi connectivity index (χ2v) is 5.82. The fourth-order valence-corrected chi connectivity index (χ4v) is 2.98. The lowest BCUT2D eigenvalue weighted by molar-refractivity contribution is -0.385. The summed E-state index contributed by atoms with van der Waals surface area (Å²) in [6, 6.07) is 4.57. The molecule has 0 aromatic heterocycles. The fourth-order valence-electron chi connectivity index (χ4n) is 2.98. The maximum absolute atomic E-state index is 12.5. The average molecular weight is 292 g/mol. The largest absolute Gasteiger partial charge is 0.388 e. The van der Waals surface area contributed by atoms with Gasteiger partial charge in [0, 0.05) is 19.7 Å². The quantitative estimate of drug-likeness (QED) is 0.681. The van der Waals surface area contributed by atoms with Crippen LogP contribution in [0.25, 0.3) is 0 Å². The molecule has 21 heavy (non-hydrogen) atoms. The van der Waals surface area contributed by atoms with Gasteiger partial charge in [0.2, 0.25) is 0 Å². The number of carbonyl (C=O) groups excluding carboxylic acids is 1. The zero-order valence-electron chi connectivity index (χ0n) is 12.3. The Morgan fingerprint density at radius 3 is 2.62 bits per heavy atom. The van der Waals surface area contributed by atoms with Gasteiger partial charge >= 0.3 is 0 Å². The average Bonchev–Trinajstić information content (AvgIpc) is 2.84. The highest BCUT2D eigenvalue weighted by molar-refractivity contribution is 5.99. The number of hydrogen-bond donors (Lipinski definition) is 1. The molecule has 114 valence electrons. The predicted octanol–water partition coefficient (Wildman–Crippen LogP) is 2.28. The standard InChI is InChI=1S/C15H20N2O4/c1-11-6-5-7-12(17(20)21)13(11)14(18)16(2)10-15(19)8-3-4-9-15/h5-7,19H,3-4,8-10H2,1-2H3. The van der Waals surface area contributed by atoms with Gasteiger partial charge in [-0.2, -0.15) is 0 Å². The van der Waals surface area contributed by atoms with Crippen molar-refractivity contribution in [2.45, 2.75) is 38.2 Å². The normalized spacial score (nSPS) is 16.7. The third-order valence-corrected chi connectivity index (χ3v) is 4.07. The maximum atomic E-state index is 12.5. The number of nitro benzene ring substituents is 1. The number of carbonyl (C=O) groups is 1. The molecule has 1 fully saturated rings. The van der Waals surface area contributed by atoms with E-state index < -0.39 is 16.4 Å². The lowest BCUT2D eigenvalue weighted by atomic mass is 10.0. The van der Waals surface area contributed by atoms with Crippen LogP contribution in [0.4, 0.5) is 5.69 Å². The van der Waals surface area contributed by atoms with E-state index in [-0.39, 0.29) is 17.8 Å². The number of likely N-dealkylation sites (N-methyl/N-ethyl adjacent to an activating group) is 1. The van der Waals surface area contributed by atoms with Crippen LogP contribution < -0.4 is 0 Å². The summed E-state index contributed by atoms with van der Waals surface area (Å²) in [6.45, 7) is 1.88. The first-order valence-electron chi connectivity index (χ1n) is 7.06. The van der Waals surface area contributed by atoms with Crippen molar-refractivity contribution in [3.8, 4) is 0 Å². The minimum absolute atomic E-state index is 0.103. The van der Waals surface area contributed by atoms with Crippen LogP contribution in [0.15, 0.2) is 18.2 Å². The first kappa shape index (κ1) is 15.4. The van der Waals surface area contributed by atoms with E-state index in [0.29, 0.717) is 18.4 Å². The molecule has 1 saturated carbocycles. The Balaban J connectivity index is 2.25. The van der Waals surface area contributed by atoms with Crippen LogP contribution in [-0.4, -0.2) is 40.0 Å². The van der Waals surface area contributed by atoms with Crippen molar-refractivity contribution in [2.24, 2.45) is 0 Å². The summed E-state index contributed by atoms with van der Waals surface area (Å²) in [5.41, 5.74) is -0.377. The summed E-state index contributed by atoms with van der Waals surface area (Å²) in [5.74, 6) is -0.417. The summed E-state index contributed by atoms with van der Waals surface area (Å²) < 4.78 is 0. The van der Waals surface area contributed by atoms with Crippen molar-refractivity contribution in [1.29, 1.82) is 0 Å². The molecule has 1 aromatic carbocycles. The maximum Gasteiger partial charge on any atom is 0.282 e. The Morgan fingerprint density at radius 1 is 1.43 bits per heavy atom. The molecule has 0 atom stereocenters. The number of amides is 1. The molecule has 0 bridgehead atoms. The number of nitrogens with zero attached hydrogens (tertiary/aromatic N) is 2. The van der Waals surface area contributed by atoms with E-state index in [1.807, 2.05) is 0 Å². The van der Waals surface area contributed by atoms with Gasteiger partial charge < -0.3 is 10.0 Å². The zero-order valence-corrected chi connectivity index (χ0v) is 12.3. The minimum atomic E-state index is -0.859. The van der Waals surface area contributed by atoms with Crippen LogP contribution >= 0.6 is 0 Å². The van der Waals surface area contributed by atoms with E-state index in [0.717, 1.165) is 12.8 Å². The highest BCUT2D eigenvalue weighted by atomic mass is 16.6. The number of aliphatic hydroxyl groups is 1. The Kier molecular flexibility index (Phi) is 4.27. The molecule has 6 heteroatoms. The van der Waals surface area contributed by atoms with Gasteiger partial charge in [0.25, 0.3) is 11.6 Å². The van der Waals surface area contributed by atoms with Gasteiger partial charge in [-0.1, -0.05) is 25.0 Å². The van der Waals surface area contributed by atoms with E-state index >= 15 is 0 Å². The van der Waals surface area contributed by atoms with Crippen molar-refractivity contribution < 1.29 is 14.8 Å². The predicted molar refractivity (Wildman–Crippen MR) is 78.2 cm³/mol. The number of nitro groups is 1. The van der Waals surface area contributed by atoms with E-state index in [4.69, 9.17) is 0 Å². The third kappa shape index (κ3) is 3.21. The summed E-state index contributed by atoms with van der Waals surface area (Å²) in [4.78, 5) is 24.5. The summed E-state index contributed by atoms with van der Waals surface area (Å²) in [5, 5.41) is 21.5. The molecule has 0 aliphatic heterocycles. The highest BCUT2D eigenvalue weighted by Gasteiger charge is 2.35. The first-order chi connectivity index (χ1) is 9.84. The molecule has 1 aliphatic rings. The van der Waals surface area contributed by atoms with Gasteiger partial charge in [0.15, 0.2) is 0 Å². The van der Waals surface area contributed by atoms with E-state index in [1.54, 1.807) is 26.1 Å². The molecular weight excluding hydrogens is 272 g/mol. The minimum Gasteiger partial charge on any atom is -0.388 e. The summed E-state index contributed by atoms with van der Waals surface area (Å²) in [7, 11) is 1.58. The molecule has 1 aliphatic carbocycles. The van der Waals surface area contributed by atoms with Crippen LogP contribution in [0, 0.1) is 17.0 Å². The lowest BCUT2D eigenvalue weighted by Gasteiger charge is -2.28. The smallest absolute Gasteiger partial charge is 0.282 e. The van der Waals surface area contributed by atoms with Crippen LogP contribution in [0.2, 0.25) is 0 Å². The van der Waals surface area contributed by atoms with Gasteiger partial charge in [-0.25, -0.2) is 0 Å². The molecule has 1 N–H and O–H groups in total. The van der Waals surface area contributed by atoms with Crippen LogP contribution in [0.3, 0.4) is 0 Å². The molecule has 1 amide bonds. The molecule has 0 heterocycles. The van der Waals surface area contributed by atoms with E-state index in [1.165, 1.54) is 11.0 Å². The molecule has 0 unspecified atom stereocenters. The SMILES string of the molecule is Cc1cccc([N+](=O)[O-])c1C(=O)N(C)CC1(O)CCCC1. The third-order valence-electron chi connectivity index (χ3n) is 4.07. The van der Waals surface area contributed by atoms with Crippen LogP contribution in [0.5, 0.6) is 0 Å². The van der Waals surface area contributed by atoms with E-state index in [9.17, 15) is 20.0 Å². The van der Waals surface area contributed by atoms with Crippen molar-refractivity contribution in [2.75, 3.05) is 13.6 Å². The lowest BCUT2D eigenvalue weighted by Crippen LogP contribution is -2.42. The van der Waals surface area contributed by atoms with Gasteiger partial charge in [-0.3, -0.25) is 14.9 Å². The van der Waals surface area contributed by atoms with Crippen molar-refractivity contribution in [3.63, 3.8) is 0 Å². The molecule has 1 aromatic rings. The van der Waals surface area contributed by atoms with Crippen molar-refractivity contribution in [1.82, 2.24) is 4.90 Å². The molecule has 0 spiro atoms. The summed E-state index contributed by atoms with van der Waals surface area (Å²) >= 11 is 0. The number of aryl methyl sites for hydroxylation is 1.